The fourth-order valence-electron chi connectivity index (χ4n) is 12.2. The minimum Gasteiger partial charge on any atom is -0.507 e. The number of methoxy groups -OCH3 is 1. The first-order valence-electron chi connectivity index (χ1n) is 34.4. The van der Waals surface area contributed by atoms with E-state index in [0.717, 1.165) is 66.8 Å². The minimum atomic E-state index is -2.23. The molecule has 40 nitrogen and oxygen atoms in total. The number of aliphatic hydroxyl groups is 16. The van der Waals surface area contributed by atoms with Crippen LogP contribution in [0, 0.1) is 0 Å². The first-order chi connectivity index (χ1) is 53.8. The molecule has 5 aliphatic rings. The molecule has 6 aromatic rings. The fraction of sp³-hybridized carbons (Fsp3) is 0.425. The molecule has 22 N–H and O–H groups in total. The van der Waals surface area contributed by atoms with Gasteiger partial charge in [-0.15, -0.1) is 0 Å². The zero-order valence-corrected chi connectivity index (χ0v) is 58.8. The summed E-state index contributed by atoms with van der Waals surface area (Å²) in [4.78, 5) is 39.4. The smallest absolute Gasteiger partial charge is 0.402 e. The van der Waals surface area contributed by atoms with Crippen molar-refractivity contribution in [2.75, 3.05) is 40.1 Å². The third kappa shape index (κ3) is 19.3. The molecule has 6 heterocycles. The molecule has 0 radical (unpaired) electrons. The summed E-state index contributed by atoms with van der Waals surface area (Å²) >= 11 is 0. The number of esters is 3. The monoisotopic (exact) mass is 1600 g/mol. The van der Waals surface area contributed by atoms with E-state index in [1.165, 1.54) is 67.8 Å². The van der Waals surface area contributed by atoms with Gasteiger partial charge >= 0.3 is 29.3 Å². The van der Waals surface area contributed by atoms with E-state index in [9.17, 15) is 127 Å². The third-order valence-corrected chi connectivity index (χ3v) is 18.6. The average Bonchev–Trinajstić information content (AvgIpc) is 0.784. The number of rotatable bonds is 26. The van der Waals surface area contributed by atoms with Crippen LogP contribution >= 0.6 is 0 Å². The first-order valence-corrected chi connectivity index (χ1v) is 34.4. The third-order valence-electron chi connectivity index (χ3n) is 18.6. The van der Waals surface area contributed by atoms with E-state index < -0.39 is 233 Å². The van der Waals surface area contributed by atoms with Gasteiger partial charge in [0, 0.05) is 36.4 Å². The molecule has 5 saturated heterocycles. The number of carbonyl (C=O) groups excluding carboxylic acids is 3. The van der Waals surface area contributed by atoms with Crippen molar-refractivity contribution >= 4 is 47.1 Å². The number of fused-ring (bicyclic) bond motifs is 1. The van der Waals surface area contributed by atoms with Crippen molar-refractivity contribution in [3.05, 3.63) is 126 Å². The number of aromatic hydroxyl groups is 6. The predicted molar refractivity (Wildman–Crippen MR) is 371 cm³/mol. The lowest BCUT2D eigenvalue weighted by Gasteiger charge is -2.45. The fourth-order valence-corrected chi connectivity index (χ4v) is 12.2. The number of aliphatic hydroxyl groups excluding tert-OH is 16. The summed E-state index contributed by atoms with van der Waals surface area (Å²) < 4.78 is 84.7. The van der Waals surface area contributed by atoms with Gasteiger partial charge in [0.1, 0.15) is 153 Å². The normalized spacial score (nSPS) is 32.1. The van der Waals surface area contributed by atoms with Crippen LogP contribution in [0.25, 0.3) is 40.5 Å². The summed E-state index contributed by atoms with van der Waals surface area (Å²) in [7, 11) is 1.24. The molecule has 5 aromatic carbocycles. The van der Waals surface area contributed by atoms with Gasteiger partial charge in [-0.25, -0.2) is 18.8 Å². The van der Waals surface area contributed by atoms with Gasteiger partial charge in [-0.1, -0.05) is 18.2 Å². The van der Waals surface area contributed by atoms with E-state index in [-0.39, 0.29) is 73.5 Å². The highest BCUT2D eigenvalue weighted by Gasteiger charge is 2.54. The molecule has 612 valence electrons. The maximum absolute atomic E-state index is 13.4. The van der Waals surface area contributed by atoms with E-state index in [4.69, 9.17) is 70.7 Å². The quantitative estimate of drug-likeness (QED) is 0.0106. The van der Waals surface area contributed by atoms with Crippen LogP contribution in [0.5, 0.6) is 63.2 Å². The summed E-state index contributed by atoms with van der Waals surface area (Å²) in [6.45, 7) is -4.04. The standard InChI is InChI=1S/C73H80O40/c1-99-42-19-31(8-10-34(42)77)67-44(22-33-36(79)20-32(76)21-41(33)103-67)107-73-68(113-72-66(98)61(93)56(88)48(111-72)26-101-52(84)15-7-30-2-9-35(78)43(18-30)106-71-64(96)59(91)54(86)46(24-75)109-71)62(94)57(89)49(112-73)27-102-51(83)14-6-29-4-12-40(38(81)17-29)105-70-65(97)60(92)55(87)47(110-70)25-100-50(82)13-5-28-3-11-39(37(80)16-28)104-69-63(95)58(90)53(85)45(23-74)108-69/h2-22,45-49,53-66,68-75,85-98H,23-27H2,1H3,(H5-,76,77,78,79,80,81,84)/p+1/b13-5+,14-6+/t45-,46-,47-,48-,49+,53-,54-,55-,56-,57+,58+,59+,60+,61+,62-,63-,64-,65-,66-,68+,69-,70-,71-,72+,73+/m1/s1. The second-order valence-electron chi connectivity index (χ2n) is 26.3. The Morgan fingerprint density at radius 1 is 0.372 bits per heavy atom. The lowest BCUT2D eigenvalue weighted by Crippen LogP contribution is -2.65. The second kappa shape index (κ2) is 36.5. The van der Waals surface area contributed by atoms with Crippen molar-refractivity contribution in [3.8, 4) is 74.6 Å². The van der Waals surface area contributed by atoms with Gasteiger partial charge in [-0.2, -0.15) is 0 Å². The number of phenols is 6. The van der Waals surface area contributed by atoms with Gasteiger partial charge in [0.15, 0.2) is 58.4 Å². The van der Waals surface area contributed by atoms with Gasteiger partial charge in [-0.05, 0) is 83.4 Å². The molecule has 0 spiro atoms. The molecule has 0 aliphatic carbocycles. The maximum atomic E-state index is 13.4. The van der Waals surface area contributed by atoms with E-state index in [1.807, 2.05) is 0 Å². The maximum Gasteiger partial charge on any atom is 0.402 e. The predicted octanol–water partition coefficient (Wildman–Crippen LogP) is -4.04. The highest BCUT2D eigenvalue weighted by molar-refractivity contribution is 5.90. The van der Waals surface area contributed by atoms with E-state index >= 15 is 0 Å². The molecule has 40 heteroatoms. The van der Waals surface area contributed by atoms with Crippen molar-refractivity contribution in [2.24, 2.45) is 0 Å². The molecule has 5 aliphatic heterocycles. The second-order valence-corrected chi connectivity index (χ2v) is 26.3. The van der Waals surface area contributed by atoms with Gasteiger partial charge in [-0.3, -0.25) is 0 Å². The summed E-state index contributed by atoms with van der Waals surface area (Å²) in [5, 5.41) is 234. The number of hydrogen-bond donors (Lipinski definition) is 22. The van der Waals surface area contributed by atoms with Crippen molar-refractivity contribution in [1.29, 1.82) is 0 Å². The van der Waals surface area contributed by atoms with Crippen LogP contribution in [0.1, 0.15) is 16.7 Å². The van der Waals surface area contributed by atoms with Crippen LogP contribution in [0.3, 0.4) is 0 Å². The van der Waals surface area contributed by atoms with Crippen molar-refractivity contribution in [1.82, 2.24) is 0 Å². The Balaban J connectivity index is 0.741. The highest BCUT2D eigenvalue weighted by atomic mass is 16.8. The molecule has 113 heavy (non-hydrogen) atoms. The van der Waals surface area contributed by atoms with Crippen LogP contribution in [0.2, 0.25) is 0 Å². The zero-order valence-electron chi connectivity index (χ0n) is 58.8. The zero-order chi connectivity index (χ0) is 81.5. The number of phenolic OH excluding ortho intramolecular Hbond substituents is 6. The molecule has 0 saturated carbocycles. The molecule has 25 atom stereocenters. The van der Waals surface area contributed by atoms with Gasteiger partial charge < -0.3 is 179 Å². The Hall–Kier alpha value is -9.94. The molecule has 0 unspecified atom stereocenters. The Morgan fingerprint density at radius 3 is 1.23 bits per heavy atom. The summed E-state index contributed by atoms with van der Waals surface area (Å²) in [5.74, 6) is -8.00. The lowest BCUT2D eigenvalue weighted by atomic mass is 9.97. The molecule has 1 aromatic heterocycles. The van der Waals surface area contributed by atoms with Crippen molar-refractivity contribution in [2.45, 2.75) is 154 Å². The molecule has 11 rings (SSSR count). The molecule has 0 amide bonds. The Bertz CT molecular complexity index is 4400. The SMILES string of the molecule is COc1cc(-c2[o+]c3cc(O)cc(O)c3cc2O[C@H]2O[C@@H](COC(=O)/C=C/c3ccc(O[C@@H]4O[C@H](COC(=O)/C=C/c5ccc(O[C@@H]6O[C@H](CO)[C@@H](O)[C@H](O)[C@H]6O)c(O)c5)[C@@H](O)[C@H](O)[C@H]4O)c(O)c3)[C@H](O)[C@@H](O)[C@@H]2O[C@@H]2O[C@H](COC(=O)C=Cc3ccc(O)c(O[C@@H]4O[C@H](CO)[C@@H](O)[C@H](O)[C@H]4O)c3)[C@@H](O)[C@H](O)[C@H]2O)ccc1O. The minimum absolute atomic E-state index is 0.0861. The van der Waals surface area contributed by atoms with Crippen molar-refractivity contribution in [3.63, 3.8) is 0 Å². The van der Waals surface area contributed by atoms with Crippen LogP contribution in [0.4, 0.5) is 0 Å². The Kier molecular flexibility index (Phi) is 27.1. The van der Waals surface area contributed by atoms with Gasteiger partial charge in [0.25, 0.3) is 0 Å². The number of hydrogen-bond acceptors (Lipinski definition) is 39. The van der Waals surface area contributed by atoms with Crippen LogP contribution in [-0.4, -0.2) is 324 Å². The molecule has 5 fully saturated rings. The molecule has 0 bridgehead atoms. The van der Waals surface area contributed by atoms with Crippen LogP contribution in [0.15, 0.2) is 114 Å². The van der Waals surface area contributed by atoms with Gasteiger partial charge in [0.2, 0.25) is 30.9 Å². The van der Waals surface area contributed by atoms with Gasteiger partial charge in [0.05, 0.1) is 32.0 Å². The van der Waals surface area contributed by atoms with Crippen molar-refractivity contribution < 1.29 is 197 Å². The summed E-state index contributed by atoms with van der Waals surface area (Å²) in [6.07, 6.45) is -40.2. The van der Waals surface area contributed by atoms with E-state index in [0.29, 0.717) is 0 Å². The molecular weight excluding hydrogens is 1520 g/mol. The number of ether oxygens (including phenoxy) is 14. The van der Waals surface area contributed by atoms with Crippen LogP contribution < -0.4 is 23.7 Å². The largest absolute Gasteiger partial charge is 0.507 e. The summed E-state index contributed by atoms with van der Waals surface area (Å²) in [6, 6.07) is 17.9. The summed E-state index contributed by atoms with van der Waals surface area (Å²) in [5.41, 5.74) is 0.385. The average molecular weight is 1600 g/mol. The number of carbonyl (C=O) groups is 3. The Morgan fingerprint density at radius 2 is 0.761 bits per heavy atom. The number of benzene rings is 5. The van der Waals surface area contributed by atoms with Crippen LogP contribution in [-0.2, 0) is 57.0 Å². The molecular formula is C73H81O40+. The first kappa shape index (κ1) is 84.0. The van der Waals surface area contributed by atoms with E-state index in [1.54, 1.807) is 0 Å². The highest BCUT2D eigenvalue weighted by Crippen LogP contribution is 2.44. The van der Waals surface area contributed by atoms with E-state index in [2.05, 4.69) is 0 Å². The lowest BCUT2D eigenvalue weighted by molar-refractivity contribution is -0.358. The topological polar surface area (TPSA) is 637 Å². The Labute approximate surface area is 636 Å².